The zero-order valence-electron chi connectivity index (χ0n) is 17.2. The molecule has 0 radical (unpaired) electrons. The minimum atomic E-state index is -1.12. The van der Waals surface area contributed by atoms with E-state index < -0.39 is 17.6 Å². The highest BCUT2D eigenvalue weighted by atomic mass is 35.5. The number of nitrogens with zero attached hydrogens (tertiary/aromatic N) is 2. The maximum absolute atomic E-state index is 12.0. The fourth-order valence-corrected chi connectivity index (χ4v) is 4.37. The number of carbonyl (C=O) groups is 1. The number of carboxylic acid groups (broad SMARTS) is 1. The van der Waals surface area contributed by atoms with Crippen LogP contribution >= 0.6 is 11.6 Å². The van der Waals surface area contributed by atoms with E-state index in [4.69, 9.17) is 11.6 Å². The standard InChI is InChI=1S/C26H22ClN3O2/c27-23-12-10-20(11-13-23)24(30-25(31)32)26(21-8-4-14-28-17-21,22-9-5-15-29-18-22)16-19-6-2-1-3-7-19/h1-15,17-18,24,30H,16H2,(H,31,32). The average Bonchev–Trinajstić information content (AvgIpc) is 2.83. The molecule has 2 aromatic heterocycles. The normalized spacial score (nSPS) is 12.2. The van der Waals surface area contributed by atoms with Gasteiger partial charge in [0, 0.05) is 29.8 Å². The van der Waals surface area contributed by atoms with Gasteiger partial charge in [0.05, 0.1) is 11.5 Å². The van der Waals surface area contributed by atoms with Crippen LogP contribution in [0.1, 0.15) is 28.3 Å². The predicted octanol–water partition coefficient (Wildman–Crippen LogP) is 5.67. The van der Waals surface area contributed by atoms with Crippen LogP contribution in [0.4, 0.5) is 4.79 Å². The van der Waals surface area contributed by atoms with E-state index in [1.807, 2.05) is 66.7 Å². The smallest absolute Gasteiger partial charge is 0.405 e. The van der Waals surface area contributed by atoms with E-state index in [0.717, 1.165) is 22.3 Å². The first-order valence-electron chi connectivity index (χ1n) is 10.2. The van der Waals surface area contributed by atoms with Crippen LogP contribution in [-0.4, -0.2) is 21.2 Å². The number of pyridine rings is 2. The van der Waals surface area contributed by atoms with Gasteiger partial charge >= 0.3 is 6.09 Å². The van der Waals surface area contributed by atoms with Gasteiger partial charge in [0.25, 0.3) is 0 Å². The Kier molecular flexibility index (Phi) is 6.47. The van der Waals surface area contributed by atoms with Crippen LogP contribution in [0.5, 0.6) is 0 Å². The Bertz CT molecular complexity index is 1110. The SMILES string of the molecule is O=C(O)NC(c1ccc(Cl)cc1)C(Cc1ccccc1)(c1cccnc1)c1cccnc1. The van der Waals surface area contributed by atoms with Gasteiger partial charge in [0.15, 0.2) is 0 Å². The number of rotatable bonds is 7. The fraction of sp³-hybridized carbons (Fsp3) is 0.115. The van der Waals surface area contributed by atoms with Crippen molar-refractivity contribution in [2.45, 2.75) is 17.9 Å². The second kappa shape index (κ2) is 9.62. The second-order valence-electron chi connectivity index (χ2n) is 7.55. The third-order valence-electron chi connectivity index (χ3n) is 5.64. The van der Waals surface area contributed by atoms with Crippen LogP contribution in [0.15, 0.2) is 104 Å². The Morgan fingerprint density at radius 1 is 0.875 bits per heavy atom. The number of halogens is 1. The van der Waals surface area contributed by atoms with Crippen molar-refractivity contribution in [2.75, 3.05) is 0 Å². The van der Waals surface area contributed by atoms with Crippen LogP contribution < -0.4 is 5.32 Å². The first-order chi connectivity index (χ1) is 15.6. The first-order valence-corrected chi connectivity index (χ1v) is 10.6. The summed E-state index contributed by atoms with van der Waals surface area (Å²) in [7, 11) is 0. The molecule has 0 saturated carbocycles. The third kappa shape index (κ3) is 4.48. The maximum atomic E-state index is 12.0. The van der Waals surface area contributed by atoms with E-state index in [-0.39, 0.29) is 0 Å². The van der Waals surface area contributed by atoms with Gasteiger partial charge in [-0.3, -0.25) is 9.97 Å². The third-order valence-corrected chi connectivity index (χ3v) is 5.90. The molecule has 0 aliphatic rings. The predicted molar refractivity (Wildman–Crippen MR) is 125 cm³/mol. The molecule has 1 unspecified atom stereocenters. The zero-order chi connectivity index (χ0) is 22.4. The van der Waals surface area contributed by atoms with Gasteiger partial charge in [-0.25, -0.2) is 4.79 Å². The summed E-state index contributed by atoms with van der Waals surface area (Å²) in [6.45, 7) is 0. The van der Waals surface area contributed by atoms with Crippen molar-refractivity contribution in [1.82, 2.24) is 15.3 Å². The molecule has 2 aromatic carbocycles. The highest BCUT2D eigenvalue weighted by Crippen LogP contribution is 2.45. The summed E-state index contributed by atoms with van der Waals surface area (Å²) in [5.41, 5.74) is 2.79. The number of benzene rings is 2. The Hall–Kier alpha value is -3.70. The van der Waals surface area contributed by atoms with Gasteiger partial charge < -0.3 is 10.4 Å². The van der Waals surface area contributed by atoms with Gasteiger partial charge in [-0.15, -0.1) is 0 Å². The largest absolute Gasteiger partial charge is 0.465 e. The Labute approximate surface area is 191 Å². The lowest BCUT2D eigenvalue weighted by atomic mass is 9.64. The molecule has 0 bridgehead atoms. The van der Waals surface area contributed by atoms with Crippen molar-refractivity contribution in [1.29, 1.82) is 0 Å². The summed E-state index contributed by atoms with van der Waals surface area (Å²) >= 11 is 6.14. The summed E-state index contributed by atoms with van der Waals surface area (Å²) in [4.78, 5) is 20.8. The summed E-state index contributed by atoms with van der Waals surface area (Å²) in [5, 5.41) is 13.2. The van der Waals surface area contributed by atoms with Crippen molar-refractivity contribution in [3.63, 3.8) is 0 Å². The van der Waals surface area contributed by atoms with E-state index in [0.29, 0.717) is 11.4 Å². The molecule has 32 heavy (non-hydrogen) atoms. The van der Waals surface area contributed by atoms with Crippen molar-refractivity contribution in [3.05, 3.63) is 131 Å². The Morgan fingerprint density at radius 2 is 1.47 bits per heavy atom. The second-order valence-corrected chi connectivity index (χ2v) is 7.99. The van der Waals surface area contributed by atoms with Crippen LogP contribution in [0.3, 0.4) is 0 Å². The summed E-state index contributed by atoms with van der Waals surface area (Å²) in [6, 6.07) is 24.3. The van der Waals surface area contributed by atoms with Gasteiger partial charge in [0.1, 0.15) is 0 Å². The fourth-order valence-electron chi connectivity index (χ4n) is 4.25. The highest BCUT2D eigenvalue weighted by molar-refractivity contribution is 6.30. The number of hydrogen-bond donors (Lipinski definition) is 2. The number of hydrogen-bond acceptors (Lipinski definition) is 3. The highest BCUT2D eigenvalue weighted by Gasteiger charge is 2.44. The number of aromatic nitrogens is 2. The molecule has 2 heterocycles. The minimum absolute atomic E-state index is 0.527. The lowest BCUT2D eigenvalue weighted by Crippen LogP contribution is -2.46. The molecule has 1 atom stereocenters. The van der Waals surface area contributed by atoms with Crippen molar-refractivity contribution < 1.29 is 9.90 Å². The van der Waals surface area contributed by atoms with Gasteiger partial charge in [-0.1, -0.05) is 66.2 Å². The van der Waals surface area contributed by atoms with Crippen LogP contribution in [0.25, 0.3) is 0 Å². The van der Waals surface area contributed by atoms with Gasteiger partial charge in [0.2, 0.25) is 0 Å². The van der Waals surface area contributed by atoms with Gasteiger partial charge in [-0.05, 0) is 52.9 Å². The Morgan fingerprint density at radius 3 is 1.97 bits per heavy atom. The van der Waals surface area contributed by atoms with E-state index in [1.165, 1.54) is 0 Å². The molecule has 5 nitrogen and oxygen atoms in total. The Balaban J connectivity index is 2.03. The van der Waals surface area contributed by atoms with Crippen molar-refractivity contribution in [3.8, 4) is 0 Å². The molecule has 2 N–H and O–H groups in total. The van der Waals surface area contributed by atoms with Crippen molar-refractivity contribution >= 4 is 17.7 Å². The molecule has 4 aromatic rings. The average molecular weight is 444 g/mol. The first kappa shape index (κ1) is 21.5. The maximum Gasteiger partial charge on any atom is 0.405 e. The van der Waals surface area contributed by atoms with E-state index in [9.17, 15) is 9.90 Å². The molecule has 0 saturated heterocycles. The summed E-state index contributed by atoms with van der Waals surface area (Å²) < 4.78 is 0. The van der Waals surface area contributed by atoms with E-state index in [2.05, 4.69) is 15.3 Å². The molecule has 1 amide bonds. The molecule has 0 aliphatic carbocycles. The van der Waals surface area contributed by atoms with Crippen LogP contribution in [0.2, 0.25) is 5.02 Å². The minimum Gasteiger partial charge on any atom is -0.465 e. The lowest BCUT2D eigenvalue weighted by molar-refractivity contribution is 0.182. The molecular weight excluding hydrogens is 422 g/mol. The monoisotopic (exact) mass is 443 g/mol. The summed E-state index contributed by atoms with van der Waals surface area (Å²) in [6.07, 6.45) is 6.42. The quantitative estimate of drug-likeness (QED) is 0.386. The zero-order valence-corrected chi connectivity index (χ0v) is 18.0. The van der Waals surface area contributed by atoms with E-state index in [1.54, 1.807) is 36.9 Å². The molecule has 0 aliphatic heterocycles. The molecular formula is C26H22ClN3O2. The van der Waals surface area contributed by atoms with Gasteiger partial charge in [-0.2, -0.15) is 0 Å². The lowest BCUT2D eigenvalue weighted by Gasteiger charge is -2.42. The molecule has 0 spiro atoms. The number of nitrogens with one attached hydrogen (secondary N) is 1. The van der Waals surface area contributed by atoms with Crippen LogP contribution in [-0.2, 0) is 11.8 Å². The van der Waals surface area contributed by atoms with E-state index >= 15 is 0 Å². The topological polar surface area (TPSA) is 75.1 Å². The van der Waals surface area contributed by atoms with Crippen molar-refractivity contribution in [2.24, 2.45) is 0 Å². The van der Waals surface area contributed by atoms with Crippen LogP contribution in [0, 0.1) is 0 Å². The molecule has 0 fully saturated rings. The number of amides is 1. The molecule has 4 rings (SSSR count). The summed E-state index contributed by atoms with van der Waals surface area (Å²) in [5.74, 6) is 0. The molecule has 6 heteroatoms. The molecule has 160 valence electrons.